The molecule has 0 radical (unpaired) electrons. The second-order valence-corrected chi connectivity index (χ2v) is 6.75. The van der Waals surface area contributed by atoms with Crippen molar-refractivity contribution in [3.8, 4) is 5.75 Å². The number of nitrogens with zero attached hydrogens (tertiary/aromatic N) is 7. The van der Waals surface area contributed by atoms with Crippen LogP contribution in [0.5, 0.6) is 5.75 Å². The lowest BCUT2D eigenvalue weighted by atomic mass is 10.1. The molecule has 1 saturated heterocycles. The van der Waals surface area contributed by atoms with Gasteiger partial charge in [-0.25, -0.2) is 4.68 Å². The Morgan fingerprint density at radius 3 is 2.86 bits per heavy atom. The fourth-order valence-electron chi connectivity index (χ4n) is 3.34. The molecule has 5 rings (SSSR count). The van der Waals surface area contributed by atoms with Crippen LogP contribution in [0.2, 0.25) is 0 Å². The quantitative estimate of drug-likeness (QED) is 0.557. The minimum Gasteiger partial charge on any atom is -0.497 e. The molecule has 4 aromatic rings. The Morgan fingerprint density at radius 1 is 1.25 bits per heavy atom. The molecule has 28 heavy (non-hydrogen) atoms. The molecule has 1 fully saturated rings. The van der Waals surface area contributed by atoms with Gasteiger partial charge < -0.3 is 14.6 Å². The summed E-state index contributed by atoms with van der Waals surface area (Å²) in [5.74, 6) is 0.733. The molecular weight excluding hydrogens is 360 g/mol. The van der Waals surface area contributed by atoms with Crippen LogP contribution in [0.4, 0.5) is 0 Å². The third-order valence-corrected chi connectivity index (χ3v) is 4.91. The first-order valence-corrected chi connectivity index (χ1v) is 8.90. The molecule has 0 bridgehead atoms. The third-order valence-electron chi connectivity index (χ3n) is 4.91. The third kappa shape index (κ3) is 2.88. The maximum atomic E-state index is 12.7. The average Bonchev–Trinajstić information content (AvgIpc) is 3.40. The van der Waals surface area contributed by atoms with Gasteiger partial charge >= 0.3 is 0 Å². The van der Waals surface area contributed by atoms with Gasteiger partial charge in [0.2, 0.25) is 0 Å². The lowest BCUT2D eigenvalue weighted by Crippen LogP contribution is -2.51. The monoisotopic (exact) mass is 378 g/mol. The van der Waals surface area contributed by atoms with Gasteiger partial charge in [-0.1, -0.05) is 5.21 Å². The predicted octanol–water partition coefficient (Wildman–Crippen LogP) is 1.10. The van der Waals surface area contributed by atoms with Crippen molar-refractivity contribution in [1.82, 2.24) is 39.9 Å². The molecule has 1 aliphatic heterocycles. The van der Waals surface area contributed by atoms with Crippen LogP contribution in [0.25, 0.3) is 10.9 Å². The summed E-state index contributed by atoms with van der Waals surface area (Å²) in [4.78, 5) is 19.3. The van der Waals surface area contributed by atoms with Crippen LogP contribution in [0.3, 0.4) is 0 Å². The van der Waals surface area contributed by atoms with Crippen molar-refractivity contribution in [3.05, 3.63) is 54.2 Å². The van der Waals surface area contributed by atoms with E-state index in [4.69, 9.17) is 4.74 Å². The zero-order valence-corrected chi connectivity index (χ0v) is 15.2. The smallest absolute Gasteiger partial charge is 0.270 e. The number of fused-ring (bicyclic) bond motifs is 1. The first-order chi connectivity index (χ1) is 13.7. The molecule has 1 N–H and O–H groups in total. The number of amides is 1. The molecule has 0 spiro atoms. The van der Waals surface area contributed by atoms with E-state index in [0.29, 0.717) is 25.3 Å². The summed E-state index contributed by atoms with van der Waals surface area (Å²) in [6.07, 6.45) is 5.13. The molecule has 3 aromatic heterocycles. The zero-order valence-electron chi connectivity index (χ0n) is 15.2. The van der Waals surface area contributed by atoms with E-state index >= 15 is 0 Å². The summed E-state index contributed by atoms with van der Waals surface area (Å²) in [7, 11) is 1.62. The highest BCUT2D eigenvalue weighted by atomic mass is 16.5. The van der Waals surface area contributed by atoms with E-state index in [-0.39, 0.29) is 11.9 Å². The Morgan fingerprint density at radius 2 is 2.07 bits per heavy atom. The number of aromatic nitrogens is 7. The van der Waals surface area contributed by atoms with E-state index in [0.717, 1.165) is 22.3 Å². The molecule has 1 aromatic carbocycles. The van der Waals surface area contributed by atoms with Gasteiger partial charge in [0.1, 0.15) is 23.7 Å². The van der Waals surface area contributed by atoms with E-state index in [1.807, 2.05) is 30.5 Å². The first kappa shape index (κ1) is 16.5. The van der Waals surface area contributed by atoms with Crippen LogP contribution in [0, 0.1) is 0 Å². The number of carbonyl (C=O) groups excluding carboxylic acids is 1. The minimum absolute atomic E-state index is 0.0208. The van der Waals surface area contributed by atoms with E-state index in [2.05, 4.69) is 25.5 Å². The van der Waals surface area contributed by atoms with Crippen LogP contribution in [-0.4, -0.2) is 66.0 Å². The molecular formula is C18H18N8O2. The minimum atomic E-state index is -0.0208. The number of carbonyl (C=O) groups is 1. The van der Waals surface area contributed by atoms with Crippen LogP contribution < -0.4 is 4.74 Å². The number of aromatic amines is 1. The van der Waals surface area contributed by atoms with Gasteiger partial charge in [0.05, 0.1) is 31.7 Å². The van der Waals surface area contributed by atoms with Crippen LogP contribution in [0.1, 0.15) is 22.2 Å². The number of likely N-dealkylation sites (tertiary alicyclic amines) is 1. The number of rotatable bonds is 5. The fourth-order valence-corrected chi connectivity index (χ4v) is 3.34. The van der Waals surface area contributed by atoms with Crippen molar-refractivity contribution in [2.75, 3.05) is 20.2 Å². The predicted molar refractivity (Wildman–Crippen MR) is 98.9 cm³/mol. The van der Waals surface area contributed by atoms with Gasteiger partial charge in [0, 0.05) is 30.1 Å². The fraction of sp³-hybridized carbons (Fsp3) is 0.278. The Bertz CT molecular complexity index is 1120. The number of benzene rings is 1. The standard InChI is InChI=1S/C18H18N8O2/c1-28-15-3-2-12-6-17(21-16(12)7-15)18(27)24-10-14(11-24)25-8-13(22-23-25)9-26-19-4-5-20-26/h2-8,14,21H,9-11H2,1H3. The number of ether oxygens (including phenoxy) is 1. The average molecular weight is 378 g/mol. The maximum Gasteiger partial charge on any atom is 0.270 e. The van der Waals surface area contributed by atoms with Crippen LogP contribution in [0.15, 0.2) is 42.9 Å². The van der Waals surface area contributed by atoms with Crippen molar-refractivity contribution >= 4 is 16.8 Å². The molecule has 142 valence electrons. The molecule has 10 nitrogen and oxygen atoms in total. The van der Waals surface area contributed by atoms with Gasteiger partial charge in [0.15, 0.2) is 0 Å². The zero-order chi connectivity index (χ0) is 19.1. The molecule has 0 aliphatic carbocycles. The van der Waals surface area contributed by atoms with E-state index in [1.54, 1.807) is 33.9 Å². The Hall–Kier alpha value is -3.69. The lowest BCUT2D eigenvalue weighted by molar-refractivity contribution is 0.0493. The normalized spacial score (nSPS) is 14.4. The summed E-state index contributed by atoms with van der Waals surface area (Å²) >= 11 is 0. The second-order valence-electron chi connectivity index (χ2n) is 6.75. The number of hydrogen-bond acceptors (Lipinski definition) is 6. The van der Waals surface area contributed by atoms with Crippen molar-refractivity contribution in [2.45, 2.75) is 12.6 Å². The maximum absolute atomic E-state index is 12.7. The molecule has 1 amide bonds. The van der Waals surface area contributed by atoms with Crippen LogP contribution in [-0.2, 0) is 6.54 Å². The number of hydrogen-bond donors (Lipinski definition) is 1. The summed E-state index contributed by atoms with van der Waals surface area (Å²) in [6, 6.07) is 7.70. The highest BCUT2D eigenvalue weighted by Crippen LogP contribution is 2.25. The first-order valence-electron chi connectivity index (χ1n) is 8.90. The molecule has 10 heteroatoms. The van der Waals surface area contributed by atoms with Crippen LogP contribution >= 0.6 is 0 Å². The Kier molecular flexibility index (Phi) is 3.81. The molecule has 4 heterocycles. The van der Waals surface area contributed by atoms with Crippen molar-refractivity contribution < 1.29 is 9.53 Å². The highest BCUT2D eigenvalue weighted by molar-refractivity contribution is 5.98. The van der Waals surface area contributed by atoms with Crippen molar-refractivity contribution in [1.29, 1.82) is 0 Å². The SMILES string of the molecule is COc1ccc2cc(C(=O)N3CC(n4cc(Cn5nccn5)nn4)C3)[nH]c2c1. The largest absolute Gasteiger partial charge is 0.497 e. The summed E-state index contributed by atoms with van der Waals surface area (Å²) in [6.45, 7) is 1.67. The lowest BCUT2D eigenvalue weighted by Gasteiger charge is -2.38. The van der Waals surface area contributed by atoms with Gasteiger partial charge in [-0.05, 0) is 18.2 Å². The topological polar surface area (TPSA) is 107 Å². The molecule has 0 atom stereocenters. The van der Waals surface area contributed by atoms with E-state index in [1.165, 1.54) is 0 Å². The van der Waals surface area contributed by atoms with Gasteiger partial charge in [-0.2, -0.15) is 15.0 Å². The van der Waals surface area contributed by atoms with Crippen molar-refractivity contribution in [3.63, 3.8) is 0 Å². The highest BCUT2D eigenvalue weighted by Gasteiger charge is 2.34. The number of methoxy groups -OCH3 is 1. The van der Waals surface area contributed by atoms with Gasteiger partial charge in [-0.15, -0.1) is 5.10 Å². The summed E-state index contributed by atoms with van der Waals surface area (Å²) in [5, 5.41) is 17.4. The van der Waals surface area contributed by atoms with E-state index in [9.17, 15) is 4.79 Å². The number of H-pyrrole nitrogens is 1. The molecule has 0 unspecified atom stereocenters. The summed E-state index contributed by atoms with van der Waals surface area (Å²) in [5.41, 5.74) is 2.24. The van der Waals surface area contributed by atoms with Gasteiger partial charge in [-0.3, -0.25) is 4.79 Å². The Balaban J connectivity index is 1.24. The Labute approximate surface area is 159 Å². The number of nitrogens with one attached hydrogen (secondary N) is 1. The van der Waals surface area contributed by atoms with E-state index < -0.39 is 0 Å². The van der Waals surface area contributed by atoms with Crippen molar-refractivity contribution in [2.24, 2.45) is 0 Å². The second kappa shape index (κ2) is 6.48. The molecule has 0 saturated carbocycles. The summed E-state index contributed by atoms with van der Waals surface area (Å²) < 4.78 is 7.03. The van der Waals surface area contributed by atoms with Gasteiger partial charge in [0.25, 0.3) is 5.91 Å². The molecule has 1 aliphatic rings.